The summed E-state index contributed by atoms with van der Waals surface area (Å²) >= 11 is 0. The van der Waals surface area contributed by atoms with Crippen molar-refractivity contribution in [3.05, 3.63) is 71.2 Å². The minimum Gasteiger partial charge on any atom is -0.511 e. The number of aryl methyl sites for hydroxylation is 1. The van der Waals surface area contributed by atoms with Gasteiger partial charge in [0.1, 0.15) is 11.6 Å². The number of rotatable bonds is 2. The number of nitrogens with zero attached hydrogens (tertiary/aromatic N) is 1. The van der Waals surface area contributed by atoms with Gasteiger partial charge in [-0.05, 0) is 30.5 Å². The molecule has 0 saturated heterocycles. The van der Waals surface area contributed by atoms with E-state index in [9.17, 15) is 9.90 Å². The summed E-state index contributed by atoms with van der Waals surface area (Å²) in [6.45, 7) is 2.03. The summed E-state index contributed by atoms with van der Waals surface area (Å²) in [6.07, 6.45) is 0.848. The fourth-order valence-electron chi connectivity index (χ4n) is 3.31. The highest BCUT2D eigenvalue weighted by Gasteiger charge is 2.31. The van der Waals surface area contributed by atoms with Gasteiger partial charge >= 0.3 is 0 Å². The highest BCUT2D eigenvalue weighted by atomic mass is 16.3. The van der Waals surface area contributed by atoms with Crippen LogP contribution >= 0.6 is 0 Å². The maximum Gasteiger partial charge on any atom is 0.170 e. The van der Waals surface area contributed by atoms with Gasteiger partial charge in [0.05, 0.1) is 16.6 Å². The molecule has 1 heterocycles. The van der Waals surface area contributed by atoms with Crippen molar-refractivity contribution in [1.29, 1.82) is 0 Å². The van der Waals surface area contributed by atoms with E-state index in [4.69, 9.17) is 0 Å². The number of hydrogen-bond acceptors (Lipinski definition) is 3. The first-order chi connectivity index (χ1) is 11.6. The van der Waals surface area contributed by atoms with Crippen LogP contribution in [0.15, 0.2) is 54.3 Å². The van der Waals surface area contributed by atoms with Crippen molar-refractivity contribution < 1.29 is 9.90 Å². The molecule has 1 aliphatic rings. The Balaban J connectivity index is 1.70. The molecule has 1 aliphatic carbocycles. The van der Waals surface area contributed by atoms with E-state index in [0.717, 1.165) is 16.6 Å². The number of H-pyrrole nitrogens is 1. The van der Waals surface area contributed by atoms with Gasteiger partial charge in [0.2, 0.25) is 0 Å². The van der Waals surface area contributed by atoms with Crippen molar-refractivity contribution in [3.8, 4) is 0 Å². The topological polar surface area (TPSA) is 66.0 Å². The molecular weight excluding hydrogens is 300 g/mol. The number of hydrogen-bond donors (Lipinski definition) is 2. The van der Waals surface area contributed by atoms with Crippen LogP contribution in [0.5, 0.6) is 0 Å². The third-order valence-corrected chi connectivity index (χ3v) is 4.61. The normalized spacial score (nSPS) is 18.4. The molecule has 2 N–H and O–H groups in total. The number of fused-ring (bicyclic) bond motifs is 1. The van der Waals surface area contributed by atoms with E-state index in [1.165, 1.54) is 5.56 Å². The van der Waals surface area contributed by atoms with Crippen LogP contribution in [0.25, 0.3) is 16.6 Å². The Kier molecular flexibility index (Phi) is 3.45. The second-order valence-electron chi connectivity index (χ2n) is 6.36. The fourth-order valence-corrected chi connectivity index (χ4v) is 3.31. The largest absolute Gasteiger partial charge is 0.511 e. The standard InChI is InChI=1S/C20H18N2O2/c1-12-6-8-13(9-7-12)14-10-17(23)19(18(24)11-14)20-21-15-4-2-3-5-16(15)22-20/h2-9,14,23H,10-11H2,1H3,(H,21,22). The third-order valence-electron chi connectivity index (χ3n) is 4.61. The molecule has 0 bridgehead atoms. The van der Waals surface area contributed by atoms with Crippen molar-refractivity contribution in [2.75, 3.05) is 0 Å². The summed E-state index contributed by atoms with van der Waals surface area (Å²) < 4.78 is 0. The van der Waals surface area contributed by atoms with Crippen LogP contribution in [-0.2, 0) is 4.79 Å². The molecule has 2 aromatic carbocycles. The Morgan fingerprint density at radius 3 is 2.54 bits per heavy atom. The second-order valence-corrected chi connectivity index (χ2v) is 6.36. The number of aromatic amines is 1. The van der Waals surface area contributed by atoms with Gasteiger partial charge in [-0.25, -0.2) is 4.98 Å². The first kappa shape index (κ1) is 14.7. The lowest BCUT2D eigenvalue weighted by Crippen LogP contribution is -2.18. The summed E-state index contributed by atoms with van der Waals surface area (Å²) in [5, 5.41) is 10.5. The quantitative estimate of drug-likeness (QED) is 0.741. The highest BCUT2D eigenvalue weighted by molar-refractivity contribution is 6.21. The van der Waals surface area contributed by atoms with Gasteiger partial charge in [-0.1, -0.05) is 42.0 Å². The number of Topliss-reactive ketones (excluding diaryl/α,β-unsaturated/α-hetero) is 1. The van der Waals surface area contributed by atoms with E-state index in [1.54, 1.807) is 0 Å². The maximum absolute atomic E-state index is 12.7. The van der Waals surface area contributed by atoms with Crippen LogP contribution in [0.2, 0.25) is 0 Å². The number of imidazole rings is 1. The highest BCUT2D eigenvalue weighted by Crippen LogP contribution is 2.37. The van der Waals surface area contributed by atoms with Crippen LogP contribution in [0.4, 0.5) is 0 Å². The molecular formula is C20H18N2O2. The second kappa shape index (κ2) is 5.64. The van der Waals surface area contributed by atoms with E-state index in [2.05, 4.69) is 9.97 Å². The van der Waals surface area contributed by atoms with E-state index >= 15 is 0 Å². The number of carbonyl (C=O) groups is 1. The van der Waals surface area contributed by atoms with Gasteiger partial charge in [0.25, 0.3) is 0 Å². The van der Waals surface area contributed by atoms with Gasteiger partial charge in [-0.2, -0.15) is 0 Å². The molecule has 4 nitrogen and oxygen atoms in total. The number of nitrogens with one attached hydrogen (secondary N) is 1. The SMILES string of the molecule is Cc1ccc(C2CC(=O)C(c3nc4ccccc4[nH]3)=C(O)C2)cc1. The van der Waals surface area contributed by atoms with Crippen LogP contribution in [0, 0.1) is 6.92 Å². The first-order valence-corrected chi connectivity index (χ1v) is 8.09. The first-order valence-electron chi connectivity index (χ1n) is 8.09. The van der Waals surface area contributed by atoms with E-state index in [-0.39, 0.29) is 17.5 Å². The predicted octanol–water partition coefficient (Wildman–Crippen LogP) is 4.29. The Hall–Kier alpha value is -2.88. The third kappa shape index (κ3) is 2.50. The molecule has 3 aromatic rings. The number of ketones is 1. The molecule has 4 heteroatoms. The van der Waals surface area contributed by atoms with Gasteiger partial charge in [0.15, 0.2) is 5.78 Å². The zero-order chi connectivity index (χ0) is 16.7. The molecule has 24 heavy (non-hydrogen) atoms. The average Bonchev–Trinajstić information content (AvgIpc) is 2.98. The zero-order valence-electron chi connectivity index (χ0n) is 13.4. The number of allylic oxidation sites excluding steroid dienone is 2. The van der Waals surface area contributed by atoms with Gasteiger partial charge in [-0.15, -0.1) is 0 Å². The Morgan fingerprint density at radius 2 is 1.83 bits per heavy atom. The number of aliphatic hydroxyl groups excluding tert-OH is 1. The Morgan fingerprint density at radius 1 is 1.08 bits per heavy atom. The van der Waals surface area contributed by atoms with E-state index < -0.39 is 0 Å². The minimum atomic E-state index is -0.0663. The van der Waals surface area contributed by atoms with Gasteiger partial charge in [-0.3, -0.25) is 4.79 Å². The summed E-state index contributed by atoms with van der Waals surface area (Å²) in [5.41, 5.74) is 4.25. The molecule has 120 valence electrons. The minimum absolute atomic E-state index is 0.0197. The molecule has 1 aromatic heterocycles. The lowest BCUT2D eigenvalue weighted by atomic mass is 9.82. The predicted molar refractivity (Wildman–Crippen MR) is 93.8 cm³/mol. The molecule has 0 amide bonds. The Labute approximate surface area is 139 Å². The number of aromatic nitrogens is 2. The summed E-state index contributed by atoms with van der Waals surface area (Å²) in [4.78, 5) is 20.2. The van der Waals surface area contributed by atoms with Gasteiger partial charge in [0, 0.05) is 12.8 Å². The monoisotopic (exact) mass is 318 g/mol. The number of benzene rings is 2. The van der Waals surface area contributed by atoms with Crippen molar-refractivity contribution >= 4 is 22.4 Å². The van der Waals surface area contributed by atoms with Crippen LogP contribution < -0.4 is 0 Å². The average molecular weight is 318 g/mol. The van der Waals surface area contributed by atoms with Crippen molar-refractivity contribution in [2.24, 2.45) is 0 Å². The molecule has 1 atom stereocenters. The van der Waals surface area contributed by atoms with E-state index in [0.29, 0.717) is 24.2 Å². The molecule has 1 unspecified atom stereocenters. The molecule has 0 spiro atoms. The number of para-hydroxylation sites is 2. The van der Waals surface area contributed by atoms with Crippen LogP contribution in [0.3, 0.4) is 0 Å². The lowest BCUT2D eigenvalue weighted by Gasteiger charge is -2.23. The number of aliphatic hydroxyl groups is 1. The van der Waals surface area contributed by atoms with Crippen molar-refractivity contribution in [1.82, 2.24) is 9.97 Å². The van der Waals surface area contributed by atoms with Crippen LogP contribution in [-0.4, -0.2) is 20.9 Å². The Bertz CT molecular complexity index is 918. The molecule has 0 radical (unpaired) electrons. The molecule has 0 fully saturated rings. The van der Waals surface area contributed by atoms with E-state index in [1.807, 2.05) is 55.5 Å². The summed E-state index contributed by atoms with van der Waals surface area (Å²) in [7, 11) is 0. The van der Waals surface area contributed by atoms with Crippen molar-refractivity contribution in [2.45, 2.75) is 25.7 Å². The van der Waals surface area contributed by atoms with Crippen LogP contribution in [0.1, 0.15) is 35.7 Å². The summed E-state index contributed by atoms with van der Waals surface area (Å²) in [5.74, 6) is 0.534. The fraction of sp³-hybridized carbons (Fsp3) is 0.200. The summed E-state index contributed by atoms with van der Waals surface area (Å²) in [6, 6.07) is 15.7. The molecule has 0 saturated carbocycles. The lowest BCUT2D eigenvalue weighted by molar-refractivity contribution is -0.114. The smallest absolute Gasteiger partial charge is 0.170 e. The maximum atomic E-state index is 12.7. The number of carbonyl (C=O) groups excluding carboxylic acids is 1. The zero-order valence-corrected chi connectivity index (χ0v) is 13.4. The van der Waals surface area contributed by atoms with Gasteiger partial charge < -0.3 is 10.1 Å². The molecule has 0 aliphatic heterocycles. The van der Waals surface area contributed by atoms with Crippen molar-refractivity contribution in [3.63, 3.8) is 0 Å². The molecule has 4 rings (SSSR count).